The molecule has 0 bridgehead atoms. The molecule has 0 unspecified atom stereocenters. The van der Waals surface area contributed by atoms with E-state index in [0.717, 1.165) is 16.7 Å². The van der Waals surface area contributed by atoms with Gasteiger partial charge in [0.25, 0.3) is 0 Å². The van der Waals surface area contributed by atoms with Gasteiger partial charge in [-0.1, -0.05) is 23.8 Å². The first kappa shape index (κ1) is 24.7. The number of benzene rings is 2. The first-order chi connectivity index (χ1) is 15.6. The average Bonchev–Trinajstić information content (AvgIpc) is 2.72. The first-order valence-corrected chi connectivity index (χ1v) is 10.9. The fourth-order valence-electron chi connectivity index (χ4n) is 4.41. The van der Waals surface area contributed by atoms with Crippen LogP contribution >= 0.6 is 0 Å². The minimum absolute atomic E-state index is 0.0150. The minimum atomic E-state index is -1.09. The lowest BCUT2D eigenvalue weighted by molar-refractivity contribution is -0.139. The quantitative estimate of drug-likeness (QED) is 0.555. The Balaban J connectivity index is 2.01. The predicted molar refractivity (Wildman–Crippen MR) is 119 cm³/mol. The van der Waals surface area contributed by atoms with Crippen molar-refractivity contribution in [2.24, 2.45) is 0 Å². The van der Waals surface area contributed by atoms with Crippen LogP contribution in [0.15, 0.2) is 36.4 Å². The molecule has 0 aromatic heterocycles. The standard InChI is InChI=1S/C25H30FNO6/c1-15-10-16(2)24(32-14-23(30)31)19(11-15)21-13-25(3,27-22(29)8-9-28)12-20(33-21)17-4-6-18(26)7-5-17/h4-7,10-11,20-21,28H,8-9,12-14H2,1-3H3,(H,27,29)(H,30,31)/t20-,21+,25+/m0/s1. The number of aryl methyl sites for hydroxylation is 2. The molecule has 1 aliphatic rings. The fraction of sp³-hybridized carbons (Fsp3) is 0.440. The lowest BCUT2D eigenvalue weighted by Crippen LogP contribution is -2.51. The maximum absolute atomic E-state index is 13.5. The second-order valence-corrected chi connectivity index (χ2v) is 8.84. The van der Waals surface area contributed by atoms with E-state index in [-0.39, 0.29) is 24.8 Å². The Morgan fingerprint density at radius 2 is 1.85 bits per heavy atom. The van der Waals surface area contributed by atoms with Crippen molar-refractivity contribution in [3.8, 4) is 5.75 Å². The molecule has 3 rings (SSSR count). The summed E-state index contributed by atoms with van der Waals surface area (Å²) < 4.78 is 25.6. The maximum atomic E-state index is 13.5. The Labute approximate surface area is 192 Å². The highest BCUT2D eigenvalue weighted by atomic mass is 19.1. The summed E-state index contributed by atoms with van der Waals surface area (Å²) in [5.41, 5.74) is 2.52. The Kier molecular flexibility index (Phi) is 7.71. The number of aliphatic hydroxyl groups excluding tert-OH is 1. The van der Waals surface area contributed by atoms with Crippen molar-refractivity contribution in [1.29, 1.82) is 0 Å². The molecule has 0 aliphatic carbocycles. The number of hydrogen-bond acceptors (Lipinski definition) is 5. The predicted octanol–water partition coefficient (Wildman–Crippen LogP) is 3.76. The topological polar surface area (TPSA) is 105 Å². The van der Waals surface area contributed by atoms with Crippen molar-refractivity contribution in [3.05, 3.63) is 64.5 Å². The number of amides is 1. The summed E-state index contributed by atoms with van der Waals surface area (Å²) in [6.45, 7) is 4.94. The number of ether oxygens (including phenoxy) is 2. The van der Waals surface area contributed by atoms with Gasteiger partial charge in [-0.05, 0) is 50.1 Å². The summed E-state index contributed by atoms with van der Waals surface area (Å²) in [5, 5.41) is 21.3. The summed E-state index contributed by atoms with van der Waals surface area (Å²) in [6.07, 6.45) is -0.123. The van der Waals surface area contributed by atoms with Crippen molar-refractivity contribution in [2.45, 2.75) is 57.8 Å². The molecule has 8 heteroatoms. The number of carboxylic acids is 1. The maximum Gasteiger partial charge on any atom is 0.341 e. The molecule has 0 saturated carbocycles. The second-order valence-electron chi connectivity index (χ2n) is 8.84. The number of nitrogens with one attached hydrogen (secondary N) is 1. The third-order valence-electron chi connectivity index (χ3n) is 5.76. The van der Waals surface area contributed by atoms with Crippen LogP contribution in [0.4, 0.5) is 4.39 Å². The van der Waals surface area contributed by atoms with E-state index in [4.69, 9.17) is 19.7 Å². The molecule has 1 fully saturated rings. The zero-order valence-electron chi connectivity index (χ0n) is 19.1. The van der Waals surface area contributed by atoms with E-state index in [2.05, 4.69) is 5.32 Å². The van der Waals surface area contributed by atoms with Gasteiger partial charge in [-0.3, -0.25) is 4.79 Å². The van der Waals surface area contributed by atoms with Crippen LogP contribution in [0.5, 0.6) is 5.75 Å². The molecule has 33 heavy (non-hydrogen) atoms. The lowest BCUT2D eigenvalue weighted by Gasteiger charge is -2.43. The van der Waals surface area contributed by atoms with Gasteiger partial charge < -0.3 is 25.0 Å². The summed E-state index contributed by atoms with van der Waals surface area (Å²) in [5.74, 6) is -1.28. The van der Waals surface area contributed by atoms with Crippen LogP contribution in [0.25, 0.3) is 0 Å². The zero-order chi connectivity index (χ0) is 24.2. The van der Waals surface area contributed by atoms with Crippen molar-refractivity contribution >= 4 is 11.9 Å². The van der Waals surface area contributed by atoms with Gasteiger partial charge in [0, 0.05) is 30.4 Å². The average molecular weight is 460 g/mol. The highest BCUT2D eigenvalue weighted by Gasteiger charge is 2.41. The molecule has 0 spiro atoms. The molecule has 2 aromatic carbocycles. The van der Waals surface area contributed by atoms with E-state index < -0.39 is 30.3 Å². The molecular weight excluding hydrogens is 429 g/mol. The van der Waals surface area contributed by atoms with E-state index in [9.17, 15) is 14.0 Å². The van der Waals surface area contributed by atoms with Gasteiger partial charge in [-0.2, -0.15) is 0 Å². The smallest absolute Gasteiger partial charge is 0.341 e. The fourth-order valence-corrected chi connectivity index (χ4v) is 4.41. The Morgan fingerprint density at radius 1 is 1.18 bits per heavy atom. The highest BCUT2D eigenvalue weighted by Crippen LogP contribution is 2.46. The number of carbonyl (C=O) groups is 2. The zero-order valence-corrected chi connectivity index (χ0v) is 19.1. The van der Waals surface area contributed by atoms with Crippen LogP contribution < -0.4 is 10.1 Å². The van der Waals surface area contributed by atoms with Crippen LogP contribution in [-0.2, 0) is 14.3 Å². The highest BCUT2D eigenvalue weighted by molar-refractivity contribution is 5.76. The van der Waals surface area contributed by atoms with Crippen LogP contribution in [0.3, 0.4) is 0 Å². The number of carbonyl (C=O) groups excluding carboxylic acids is 1. The van der Waals surface area contributed by atoms with Gasteiger partial charge in [-0.25, -0.2) is 9.18 Å². The Hall–Kier alpha value is -2.97. The SMILES string of the molecule is Cc1cc(C)c(OCC(=O)O)c([C@H]2C[C@](C)(NC(=O)CCO)C[C@@H](c3ccc(F)cc3)O2)c1. The molecule has 2 aromatic rings. The van der Waals surface area contributed by atoms with E-state index in [0.29, 0.717) is 24.2 Å². The van der Waals surface area contributed by atoms with E-state index >= 15 is 0 Å². The number of rotatable bonds is 8. The molecule has 1 aliphatic heterocycles. The lowest BCUT2D eigenvalue weighted by atomic mass is 9.80. The van der Waals surface area contributed by atoms with Gasteiger partial charge >= 0.3 is 5.97 Å². The summed E-state index contributed by atoms with van der Waals surface area (Å²) in [6, 6.07) is 9.84. The van der Waals surface area contributed by atoms with Crippen LogP contribution in [0, 0.1) is 19.7 Å². The van der Waals surface area contributed by atoms with E-state index in [1.807, 2.05) is 32.9 Å². The molecule has 1 heterocycles. The van der Waals surface area contributed by atoms with E-state index in [1.165, 1.54) is 12.1 Å². The summed E-state index contributed by atoms with van der Waals surface area (Å²) in [7, 11) is 0. The molecule has 1 saturated heterocycles. The normalized spacial score (nSPS) is 22.6. The number of halogens is 1. The van der Waals surface area contributed by atoms with E-state index in [1.54, 1.807) is 12.1 Å². The van der Waals surface area contributed by atoms with Gasteiger partial charge in [-0.15, -0.1) is 0 Å². The molecule has 3 atom stereocenters. The number of hydrogen-bond donors (Lipinski definition) is 3. The molecule has 178 valence electrons. The largest absolute Gasteiger partial charge is 0.481 e. The summed E-state index contributed by atoms with van der Waals surface area (Å²) in [4.78, 5) is 23.5. The van der Waals surface area contributed by atoms with Crippen LogP contribution in [-0.4, -0.2) is 40.8 Å². The van der Waals surface area contributed by atoms with Crippen molar-refractivity contribution < 1.29 is 33.7 Å². The van der Waals surface area contributed by atoms with Crippen molar-refractivity contribution in [2.75, 3.05) is 13.2 Å². The number of aliphatic carboxylic acids is 1. The van der Waals surface area contributed by atoms with Gasteiger partial charge in [0.15, 0.2) is 6.61 Å². The van der Waals surface area contributed by atoms with Gasteiger partial charge in [0.05, 0.1) is 18.8 Å². The van der Waals surface area contributed by atoms with Crippen LogP contribution in [0.1, 0.15) is 60.6 Å². The molecule has 0 radical (unpaired) electrons. The van der Waals surface area contributed by atoms with Gasteiger partial charge in [0.2, 0.25) is 5.91 Å². The third-order valence-corrected chi connectivity index (χ3v) is 5.76. The Bertz CT molecular complexity index is 1010. The Morgan fingerprint density at radius 3 is 2.48 bits per heavy atom. The summed E-state index contributed by atoms with van der Waals surface area (Å²) >= 11 is 0. The second kappa shape index (κ2) is 10.3. The van der Waals surface area contributed by atoms with Gasteiger partial charge in [0.1, 0.15) is 11.6 Å². The van der Waals surface area contributed by atoms with Crippen LogP contribution in [0.2, 0.25) is 0 Å². The molecule has 1 amide bonds. The molecule has 7 nitrogen and oxygen atoms in total. The minimum Gasteiger partial charge on any atom is -0.481 e. The molecular formula is C25H30FNO6. The molecule has 3 N–H and O–H groups in total. The monoisotopic (exact) mass is 459 g/mol. The first-order valence-electron chi connectivity index (χ1n) is 10.9. The van der Waals surface area contributed by atoms with Crippen molar-refractivity contribution in [1.82, 2.24) is 5.32 Å². The number of aliphatic hydroxyl groups is 1. The van der Waals surface area contributed by atoms with Crippen molar-refractivity contribution in [3.63, 3.8) is 0 Å². The number of carboxylic acid groups (broad SMARTS) is 1. The third kappa shape index (κ3) is 6.30.